The van der Waals surface area contributed by atoms with E-state index in [-0.39, 0.29) is 6.03 Å². The number of hydrogen-bond donors (Lipinski definition) is 0. The summed E-state index contributed by atoms with van der Waals surface area (Å²) in [5.41, 5.74) is 0. The lowest BCUT2D eigenvalue weighted by molar-refractivity contribution is 0.135. The first-order valence-corrected chi connectivity index (χ1v) is 5.72. The predicted molar refractivity (Wildman–Crippen MR) is 58.3 cm³/mol. The lowest BCUT2D eigenvalue weighted by Gasteiger charge is -2.34. The molecule has 3 heteroatoms. The Kier molecular flexibility index (Phi) is 4.23. The van der Waals surface area contributed by atoms with Crippen molar-refractivity contribution in [3.05, 3.63) is 0 Å². The molecule has 1 rings (SSSR count). The summed E-state index contributed by atoms with van der Waals surface area (Å²) >= 11 is 0. The number of hydrogen-bond acceptors (Lipinski definition) is 1. The fourth-order valence-corrected chi connectivity index (χ4v) is 2.06. The summed E-state index contributed by atoms with van der Waals surface area (Å²) in [6.45, 7) is 9.82. The number of rotatable bonds is 2. The van der Waals surface area contributed by atoms with E-state index in [1.807, 2.05) is 23.6 Å². The standard InChI is InChI=1S/C11H22N2O/c1-4-12(5-2)11(14)13-8-6-7-10(3)9-13/h10H,4-9H2,1-3H3. The topological polar surface area (TPSA) is 23.6 Å². The third kappa shape index (κ3) is 2.63. The molecule has 0 aliphatic carbocycles. The summed E-state index contributed by atoms with van der Waals surface area (Å²) in [5.74, 6) is 0.670. The van der Waals surface area contributed by atoms with Crippen molar-refractivity contribution in [1.29, 1.82) is 0 Å². The van der Waals surface area contributed by atoms with Crippen molar-refractivity contribution >= 4 is 6.03 Å². The molecule has 1 aliphatic heterocycles. The first-order chi connectivity index (χ1) is 6.69. The van der Waals surface area contributed by atoms with Crippen molar-refractivity contribution in [2.45, 2.75) is 33.6 Å². The summed E-state index contributed by atoms with van der Waals surface area (Å²) in [6.07, 6.45) is 2.43. The maximum atomic E-state index is 12.0. The molecule has 0 radical (unpaired) electrons. The lowest BCUT2D eigenvalue weighted by Crippen LogP contribution is -2.47. The average Bonchev–Trinajstić information content (AvgIpc) is 2.19. The second kappa shape index (κ2) is 5.23. The second-order valence-corrected chi connectivity index (χ2v) is 4.15. The van der Waals surface area contributed by atoms with Gasteiger partial charge in [0.15, 0.2) is 0 Å². The third-order valence-electron chi connectivity index (χ3n) is 2.96. The zero-order valence-corrected chi connectivity index (χ0v) is 9.62. The van der Waals surface area contributed by atoms with Gasteiger partial charge in [-0.2, -0.15) is 0 Å². The van der Waals surface area contributed by atoms with Gasteiger partial charge >= 0.3 is 6.03 Å². The van der Waals surface area contributed by atoms with Crippen LogP contribution in [0.4, 0.5) is 4.79 Å². The van der Waals surface area contributed by atoms with Crippen molar-refractivity contribution in [2.75, 3.05) is 26.2 Å². The minimum Gasteiger partial charge on any atom is -0.325 e. The van der Waals surface area contributed by atoms with Crippen molar-refractivity contribution < 1.29 is 4.79 Å². The van der Waals surface area contributed by atoms with Crippen molar-refractivity contribution in [3.8, 4) is 0 Å². The van der Waals surface area contributed by atoms with E-state index in [0.717, 1.165) is 32.6 Å². The highest BCUT2D eigenvalue weighted by molar-refractivity contribution is 5.74. The van der Waals surface area contributed by atoms with Crippen LogP contribution in [0.2, 0.25) is 0 Å². The van der Waals surface area contributed by atoms with Gasteiger partial charge in [0.05, 0.1) is 0 Å². The predicted octanol–water partition coefficient (Wildman–Crippen LogP) is 2.18. The molecule has 14 heavy (non-hydrogen) atoms. The highest BCUT2D eigenvalue weighted by Crippen LogP contribution is 2.16. The van der Waals surface area contributed by atoms with Gasteiger partial charge in [-0.15, -0.1) is 0 Å². The van der Waals surface area contributed by atoms with Crippen molar-refractivity contribution in [2.24, 2.45) is 5.92 Å². The lowest BCUT2D eigenvalue weighted by atomic mass is 10.0. The number of piperidine rings is 1. The van der Waals surface area contributed by atoms with Gasteiger partial charge in [-0.3, -0.25) is 0 Å². The molecule has 1 fully saturated rings. The Labute approximate surface area is 87.1 Å². The maximum Gasteiger partial charge on any atom is 0.319 e. The van der Waals surface area contributed by atoms with Crippen molar-refractivity contribution in [3.63, 3.8) is 0 Å². The van der Waals surface area contributed by atoms with E-state index in [4.69, 9.17) is 0 Å². The minimum absolute atomic E-state index is 0.224. The van der Waals surface area contributed by atoms with Gasteiger partial charge in [0.25, 0.3) is 0 Å². The molecule has 1 unspecified atom stereocenters. The fraction of sp³-hybridized carbons (Fsp3) is 0.909. The van der Waals surface area contributed by atoms with Gasteiger partial charge in [-0.05, 0) is 32.6 Å². The first-order valence-electron chi connectivity index (χ1n) is 5.72. The largest absolute Gasteiger partial charge is 0.325 e. The van der Waals surface area contributed by atoms with Crippen LogP contribution in [0.25, 0.3) is 0 Å². The highest BCUT2D eigenvalue weighted by Gasteiger charge is 2.23. The number of carbonyl (C=O) groups excluding carboxylic acids is 1. The van der Waals surface area contributed by atoms with Crippen molar-refractivity contribution in [1.82, 2.24) is 9.80 Å². The summed E-state index contributed by atoms with van der Waals surface area (Å²) in [7, 11) is 0. The molecule has 1 atom stereocenters. The highest BCUT2D eigenvalue weighted by atomic mass is 16.2. The van der Waals surface area contributed by atoms with Crippen LogP contribution in [0.15, 0.2) is 0 Å². The number of likely N-dealkylation sites (tertiary alicyclic amines) is 1. The zero-order chi connectivity index (χ0) is 10.6. The Balaban J connectivity index is 2.50. The summed E-state index contributed by atoms with van der Waals surface area (Å²) < 4.78 is 0. The molecule has 0 aromatic carbocycles. The molecule has 0 saturated carbocycles. The molecule has 1 heterocycles. The van der Waals surface area contributed by atoms with E-state index >= 15 is 0 Å². The number of amides is 2. The second-order valence-electron chi connectivity index (χ2n) is 4.15. The molecular formula is C11H22N2O. The normalized spacial score (nSPS) is 22.2. The van der Waals surface area contributed by atoms with Crippen LogP contribution in [0, 0.1) is 5.92 Å². The smallest absolute Gasteiger partial charge is 0.319 e. The molecule has 0 aromatic heterocycles. The van der Waals surface area contributed by atoms with Crippen LogP contribution in [-0.4, -0.2) is 42.0 Å². The molecule has 0 bridgehead atoms. The average molecular weight is 198 g/mol. The van der Waals surface area contributed by atoms with Gasteiger partial charge in [0.2, 0.25) is 0 Å². The van der Waals surface area contributed by atoms with Crippen LogP contribution in [0.5, 0.6) is 0 Å². The molecule has 0 aromatic rings. The van der Waals surface area contributed by atoms with E-state index < -0.39 is 0 Å². The number of nitrogens with zero attached hydrogens (tertiary/aromatic N) is 2. The third-order valence-corrected chi connectivity index (χ3v) is 2.96. The SMILES string of the molecule is CCN(CC)C(=O)N1CCCC(C)C1. The molecular weight excluding hydrogens is 176 g/mol. The Morgan fingerprint density at radius 3 is 2.57 bits per heavy atom. The molecule has 0 spiro atoms. The monoisotopic (exact) mass is 198 g/mol. The summed E-state index contributed by atoms with van der Waals surface area (Å²) in [6, 6.07) is 0.224. The van der Waals surface area contributed by atoms with Gasteiger partial charge in [0, 0.05) is 26.2 Å². The molecule has 1 saturated heterocycles. The van der Waals surface area contributed by atoms with Gasteiger partial charge in [0.1, 0.15) is 0 Å². The van der Waals surface area contributed by atoms with Gasteiger partial charge in [-0.1, -0.05) is 6.92 Å². The molecule has 0 N–H and O–H groups in total. The molecule has 1 aliphatic rings. The zero-order valence-electron chi connectivity index (χ0n) is 9.62. The van der Waals surface area contributed by atoms with E-state index in [1.165, 1.54) is 6.42 Å². The van der Waals surface area contributed by atoms with Gasteiger partial charge in [-0.25, -0.2) is 4.79 Å². The quantitative estimate of drug-likeness (QED) is 0.667. The maximum absolute atomic E-state index is 12.0. The van der Waals surface area contributed by atoms with E-state index in [1.54, 1.807) is 0 Å². The first kappa shape index (κ1) is 11.3. The summed E-state index contributed by atoms with van der Waals surface area (Å²) in [4.78, 5) is 15.9. The van der Waals surface area contributed by atoms with Crippen LogP contribution in [0.1, 0.15) is 33.6 Å². The Morgan fingerprint density at radius 1 is 1.43 bits per heavy atom. The van der Waals surface area contributed by atoms with Crippen LogP contribution >= 0.6 is 0 Å². The number of carbonyl (C=O) groups is 1. The van der Waals surface area contributed by atoms with E-state index in [0.29, 0.717) is 5.92 Å². The fourth-order valence-electron chi connectivity index (χ4n) is 2.06. The summed E-state index contributed by atoms with van der Waals surface area (Å²) in [5, 5.41) is 0. The molecule has 2 amide bonds. The van der Waals surface area contributed by atoms with Gasteiger partial charge < -0.3 is 9.80 Å². The number of urea groups is 1. The van der Waals surface area contributed by atoms with Crippen LogP contribution in [0.3, 0.4) is 0 Å². The van der Waals surface area contributed by atoms with Crippen LogP contribution < -0.4 is 0 Å². The molecule has 82 valence electrons. The molecule has 3 nitrogen and oxygen atoms in total. The Hall–Kier alpha value is -0.730. The van der Waals surface area contributed by atoms with E-state index in [9.17, 15) is 4.79 Å². The van der Waals surface area contributed by atoms with Crippen LogP contribution in [-0.2, 0) is 0 Å². The van der Waals surface area contributed by atoms with E-state index in [2.05, 4.69) is 6.92 Å². The Morgan fingerprint density at radius 2 is 2.07 bits per heavy atom. The Bertz CT molecular complexity index is 190. The minimum atomic E-state index is 0.224.